The average molecular weight is 476 g/mol. The van der Waals surface area contributed by atoms with Crippen molar-refractivity contribution in [3.8, 4) is 6.07 Å². The molecular formula is C26H33N5O2Si. The molecule has 0 atom stereocenters. The minimum Gasteiger partial charge on any atom is -0.361 e. The highest BCUT2D eigenvalue weighted by atomic mass is 28.3. The van der Waals surface area contributed by atoms with Crippen LogP contribution in [0.3, 0.4) is 0 Å². The molecule has 0 unspecified atom stereocenters. The number of Topliss-reactive ketones (excluding diaryl/α,β-unsaturated/α-hetero) is 1. The van der Waals surface area contributed by atoms with Crippen molar-refractivity contribution >= 4 is 24.9 Å². The fourth-order valence-electron chi connectivity index (χ4n) is 4.34. The molecule has 0 aliphatic carbocycles. The maximum Gasteiger partial charge on any atom is 0.185 e. The van der Waals surface area contributed by atoms with Crippen molar-refractivity contribution in [2.75, 3.05) is 19.7 Å². The summed E-state index contributed by atoms with van der Waals surface area (Å²) in [4.78, 5) is 24.5. The number of hydrogen-bond donors (Lipinski definition) is 0. The zero-order valence-electron chi connectivity index (χ0n) is 20.3. The molecule has 1 aliphatic rings. The van der Waals surface area contributed by atoms with Gasteiger partial charge < -0.3 is 9.30 Å². The van der Waals surface area contributed by atoms with Crippen LogP contribution in [-0.4, -0.2) is 53.0 Å². The van der Waals surface area contributed by atoms with Crippen LogP contribution in [0.4, 0.5) is 0 Å². The quantitative estimate of drug-likeness (QED) is 0.253. The molecule has 0 N–H and O–H groups in total. The second-order valence-corrected chi connectivity index (χ2v) is 15.9. The Kier molecular flexibility index (Phi) is 7.56. The highest BCUT2D eigenvalue weighted by Gasteiger charge is 2.28. The summed E-state index contributed by atoms with van der Waals surface area (Å²) in [5, 5.41) is 9.77. The van der Waals surface area contributed by atoms with E-state index in [0.717, 1.165) is 56.2 Å². The van der Waals surface area contributed by atoms with Gasteiger partial charge in [-0.1, -0.05) is 31.8 Å². The Hall–Kier alpha value is -2.86. The van der Waals surface area contributed by atoms with E-state index < -0.39 is 8.07 Å². The Morgan fingerprint density at radius 2 is 1.88 bits per heavy atom. The van der Waals surface area contributed by atoms with Gasteiger partial charge in [-0.25, -0.2) is 9.97 Å². The highest BCUT2D eigenvalue weighted by molar-refractivity contribution is 6.76. The van der Waals surface area contributed by atoms with Crippen LogP contribution in [0.25, 0.3) is 11.0 Å². The molecule has 2 aromatic heterocycles. The Bertz CT molecular complexity index is 1170. The molecule has 0 amide bonds. The van der Waals surface area contributed by atoms with Crippen LogP contribution in [0.15, 0.2) is 42.9 Å². The third kappa shape index (κ3) is 5.97. The Morgan fingerprint density at radius 1 is 1.15 bits per heavy atom. The molecular weight excluding hydrogens is 442 g/mol. The number of aromatic nitrogens is 3. The monoisotopic (exact) mass is 475 g/mol. The number of rotatable bonds is 9. The number of hydrogen-bond acceptors (Lipinski definition) is 6. The number of nitriles is 1. The standard InChI is InChI=1S/C26H33N5O2Si/c1-34(2,3)15-14-33-19-31-13-10-23-24(28-18-29-26(23)31)25(32)22-8-11-30(12-9-22)17-21-6-4-20(16-27)5-7-21/h4-7,10,13,18,22H,8-9,11-12,14-15,17,19H2,1-3H3. The fraction of sp³-hybridized carbons (Fsp3) is 0.462. The van der Waals surface area contributed by atoms with Crippen molar-refractivity contribution in [1.29, 1.82) is 5.26 Å². The highest BCUT2D eigenvalue weighted by Crippen LogP contribution is 2.26. The van der Waals surface area contributed by atoms with E-state index in [-0.39, 0.29) is 11.7 Å². The SMILES string of the molecule is C[Si](C)(C)CCOCn1ccc2c(C(=O)C3CCN(Cc4ccc(C#N)cc4)CC3)ncnc21. The smallest absolute Gasteiger partial charge is 0.185 e. The van der Waals surface area contributed by atoms with Gasteiger partial charge in [-0.05, 0) is 55.7 Å². The van der Waals surface area contributed by atoms with Crippen molar-refractivity contribution in [3.05, 3.63) is 59.7 Å². The first-order chi connectivity index (χ1) is 16.3. The molecule has 8 heteroatoms. The Morgan fingerprint density at radius 3 is 2.56 bits per heavy atom. The lowest BCUT2D eigenvalue weighted by atomic mass is 9.90. The number of nitrogens with zero attached hydrogens (tertiary/aromatic N) is 5. The number of fused-ring (bicyclic) bond motifs is 1. The van der Waals surface area contributed by atoms with Gasteiger partial charge in [0.05, 0.1) is 11.6 Å². The van der Waals surface area contributed by atoms with Gasteiger partial charge in [-0.2, -0.15) is 5.26 Å². The van der Waals surface area contributed by atoms with Gasteiger partial charge in [0.25, 0.3) is 0 Å². The van der Waals surface area contributed by atoms with E-state index in [1.807, 2.05) is 41.1 Å². The van der Waals surface area contributed by atoms with Crippen molar-refractivity contribution in [2.45, 2.75) is 51.8 Å². The first-order valence-electron chi connectivity index (χ1n) is 12.0. The fourth-order valence-corrected chi connectivity index (χ4v) is 5.09. The normalized spacial score (nSPS) is 15.5. The summed E-state index contributed by atoms with van der Waals surface area (Å²) in [6.45, 7) is 10.8. The van der Waals surface area contributed by atoms with Crippen molar-refractivity contribution in [1.82, 2.24) is 19.4 Å². The third-order valence-electron chi connectivity index (χ3n) is 6.46. The first-order valence-corrected chi connectivity index (χ1v) is 15.7. The summed E-state index contributed by atoms with van der Waals surface area (Å²) < 4.78 is 7.84. The summed E-state index contributed by atoms with van der Waals surface area (Å²) in [5.41, 5.74) is 3.15. The topological polar surface area (TPSA) is 84.0 Å². The second-order valence-electron chi connectivity index (χ2n) is 10.3. The molecule has 178 valence electrons. The lowest BCUT2D eigenvalue weighted by molar-refractivity contribution is 0.0830. The van der Waals surface area contributed by atoms with E-state index in [1.54, 1.807) is 0 Å². The summed E-state index contributed by atoms with van der Waals surface area (Å²) in [6, 6.07) is 12.9. The minimum atomic E-state index is -1.13. The van der Waals surface area contributed by atoms with E-state index in [0.29, 0.717) is 18.0 Å². The number of ketones is 1. The second kappa shape index (κ2) is 10.6. The van der Waals surface area contributed by atoms with Crippen LogP contribution in [0, 0.1) is 17.2 Å². The number of piperidine rings is 1. The zero-order valence-corrected chi connectivity index (χ0v) is 21.3. The number of likely N-dealkylation sites (tertiary alicyclic amines) is 1. The number of ether oxygens (including phenoxy) is 1. The van der Waals surface area contributed by atoms with Gasteiger partial charge in [0.2, 0.25) is 0 Å². The van der Waals surface area contributed by atoms with Crippen molar-refractivity contribution < 1.29 is 9.53 Å². The summed E-state index contributed by atoms with van der Waals surface area (Å²) in [6.07, 6.45) is 5.07. The molecule has 34 heavy (non-hydrogen) atoms. The number of benzene rings is 1. The molecule has 0 bridgehead atoms. The minimum absolute atomic E-state index is 0.0216. The lowest BCUT2D eigenvalue weighted by Gasteiger charge is -2.31. The van der Waals surface area contributed by atoms with Crippen LogP contribution < -0.4 is 0 Å². The summed E-state index contributed by atoms with van der Waals surface area (Å²) in [7, 11) is -1.13. The van der Waals surface area contributed by atoms with Crippen LogP contribution >= 0.6 is 0 Å². The summed E-state index contributed by atoms with van der Waals surface area (Å²) in [5.74, 6) is 0.0921. The predicted molar refractivity (Wildman–Crippen MR) is 135 cm³/mol. The molecule has 3 aromatic rings. The van der Waals surface area contributed by atoms with Crippen molar-refractivity contribution in [3.63, 3.8) is 0 Å². The molecule has 1 aliphatic heterocycles. The molecule has 0 spiro atoms. The van der Waals surface area contributed by atoms with Crippen molar-refractivity contribution in [2.24, 2.45) is 5.92 Å². The van der Waals surface area contributed by atoms with E-state index in [2.05, 4.69) is 40.6 Å². The van der Waals surface area contributed by atoms with E-state index in [9.17, 15) is 4.79 Å². The Balaban J connectivity index is 1.35. The van der Waals surface area contributed by atoms with Gasteiger partial charge in [0.15, 0.2) is 5.78 Å². The van der Waals surface area contributed by atoms with Crippen LogP contribution in [-0.2, 0) is 18.0 Å². The maximum absolute atomic E-state index is 13.4. The first kappa shape index (κ1) is 24.3. The molecule has 1 aromatic carbocycles. The maximum atomic E-state index is 13.4. The molecule has 3 heterocycles. The van der Waals surface area contributed by atoms with E-state index >= 15 is 0 Å². The molecule has 7 nitrogen and oxygen atoms in total. The van der Waals surface area contributed by atoms with Gasteiger partial charge in [0.1, 0.15) is 24.4 Å². The third-order valence-corrected chi connectivity index (χ3v) is 8.17. The van der Waals surface area contributed by atoms with Gasteiger partial charge in [-0.3, -0.25) is 9.69 Å². The van der Waals surface area contributed by atoms with Gasteiger partial charge in [0, 0.05) is 38.7 Å². The van der Waals surface area contributed by atoms with E-state index in [4.69, 9.17) is 10.00 Å². The molecule has 0 saturated carbocycles. The molecule has 1 fully saturated rings. The zero-order chi connectivity index (χ0) is 24.1. The van der Waals surface area contributed by atoms with Gasteiger partial charge in [-0.15, -0.1) is 0 Å². The average Bonchev–Trinajstić information content (AvgIpc) is 3.25. The van der Waals surface area contributed by atoms with Crippen LogP contribution in [0.1, 0.15) is 34.5 Å². The number of carbonyl (C=O) groups is 1. The molecule has 4 rings (SSSR count). The predicted octanol–water partition coefficient (Wildman–Crippen LogP) is 4.71. The van der Waals surface area contributed by atoms with Crippen LogP contribution in [0.2, 0.25) is 25.7 Å². The molecule has 1 saturated heterocycles. The van der Waals surface area contributed by atoms with Gasteiger partial charge >= 0.3 is 0 Å². The molecule has 0 radical (unpaired) electrons. The largest absolute Gasteiger partial charge is 0.361 e. The van der Waals surface area contributed by atoms with E-state index in [1.165, 1.54) is 11.9 Å². The lowest BCUT2D eigenvalue weighted by Crippen LogP contribution is -2.36. The number of carbonyl (C=O) groups excluding carboxylic acids is 1. The Labute approximate surface area is 202 Å². The van der Waals surface area contributed by atoms with Crippen LogP contribution in [0.5, 0.6) is 0 Å². The summed E-state index contributed by atoms with van der Waals surface area (Å²) >= 11 is 0.